The minimum Gasteiger partial charge on any atom is -0.480 e. The minimum atomic E-state index is -0.413. The van der Waals surface area contributed by atoms with E-state index in [1.165, 1.54) is 5.69 Å². The number of hydrogen-bond donors (Lipinski definition) is 0. The zero-order valence-corrected chi connectivity index (χ0v) is 15.0. The van der Waals surface area contributed by atoms with Crippen molar-refractivity contribution in [3.05, 3.63) is 60.2 Å². The first kappa shape index (κ1) is 17.3. The highest BCUT2D eigenvalue weighted by atomic mass is 16.5. The van der Waals surface area contributed by atoms with Crippen molar-refractivity contribution in [1.82, 2.24) is 4.90 Å². The Balaban J connectivity index is 1.60. The Bertz CT molecular complexity index is 694. The van der Waals surface area contributed by atoms with Gasteiger partial charge in [-0.05, 0) is 37.1 Å². The number of rotatable bonds is 5. The van der Waals surface area contributed by atoms with Crippen molar-refractivity contribution in [1.29, 1.82) is 0 Å². The summed E-state index contributed by atoms with van der Waals surface area (Å²) in [6, 6.07) is 18.2. The molecule has 1 atom stereocenters. The van der Waals surface area contributed by atoms with Crippen molar-refractivity contribution in [2.45, 2.75) is 26.4 Å². The van der Waals surface area contributed by atoms with Crippen LogP contribution in [0.1, 0.15) is 18.9 Å². The molecule has 0 unspecified atom stereocenters. The van der Waals surface area contributed by atoms with E-state index in [9.17, 15) is 4.79 Å². The van der Waals surface area contributed by atoms with E-state index >= 15 is 0 Å². The van der Waals surface area contributed by atoms with Crippen LogP contribution in [0.15, 0.2) is 54.6 Å². The number of benzene rings is 2. The third-order valence-electron chi connectivity index (χ3n) is 4.72. The fraction of sp³-hybridized carbons (Fsp3) is 0.381. The van der Waals surface area contributed by atoms with Gasteiger partial charge in [0.15, 0.2) is 6.10 Å². The molecule has 2 aromatic carbocycles. The summed E-state index contributed by atoms with van der Waals surface area (Å²) < 4.78 is 6.02. The van der Waals surface area contributed by atoms with Crippen molar-refractivity contribution >= 4 is 11.6 Å². The number of anilines is 1. The van der Waals surface area contributed by atoms with Crippen LogP contribution in [0.2, 0.25) is 0 Å². The van der Waals surface area contributed by atoms with E-state index in [-0.39, 0.29) is 5.91 Å². The van der Waals surface area contributed by atoms with E-state index in [4.69, 9.17) is 4.74 Å². The molecule has 25 heavy (non-hydrogen) atoms. The Morgan fingerprint density at radius 3 is 2.28 bits per heavy atom. The van der Waals surface area contributed by atoms with Gasteiger partial charge in [-0.1, -0.05) is 43.3 Å². The second-order valence-electron chi connectivity index (χ2n) is 6.43. The first-order valence-electron chi connectivity index (χ1n) is 9.00. The molecule has 0 aromatic heterocycles. The predicted molar refractivity (Wildman–Crippen MR) is 101 cm³/mol. The fourth-order valence-electron chi connectivity index (χ4n) is 3.18. The molecular weight excluding hydrogens is 312 g/mol. The van der Waals surface area contributed by atoms with Crippen LogP contribution in [0.3, 0.4) is 0 Å². The number of hydrogen-bond acceptors (Lipinski definition) is 3. The molecule has 1 saturated heterocycles. The third kappa shape index (κ3) is 4.13. The molecule has 1 aliphatic rings. The molecule has 0 saturated carbocycles. The van der Waals surface area contributed by atoms with Crippen LogP contribution >= 0.6 is 0 Å². The van der Waals surface area contributed by atoms with Crippen LogP contribution in [0.25, 0.3) is 0 Å². The number of amides is 1. The summed E-state index contributed by atoms with van der Waals surface area (Å²) in [6.45, 7) is 7.20. The van der Waals surface area contributed by atoms with Gasteiger partial charge in [-0.2, -0.15) is 0 Å². The Kier molecular flexibility index (Phi) is 5.59. The van der Waals surface area contributed by atoms with E-state index in [1.54, 1.807) is 0 Å². The van der Waals surface area contributed by atoms with Gasteiger partial charge in [-0.25, -0.2) is 0 Å². The summed E-state index contributed by atoms with van der Waals surface area (Å²) in [7, 11) is 0. The van der Waals surface area contributed by atoms with Gasteiger partial charge in [0.1, 0.15) is 5.75 Å². The van der Waals surface area contributed by atoms with E-state index in [0.717, 1.165) is 37.5 Å². The van der Waals surface area contributed by atoms with E-state index < -0.39 is 6.10 Å². The largest absolute Gasteiger partial charge is 0.480 e. The molecule has 1 heterocycles. The number of ether oxygens (including phenoxy) is 1. The molecule has 1 aliphatic heterocycles. The minimum absolute atomic E-state index is 0.0958. The molecule has 4 nitrogen and oxygen atoms in total. The van der Waals surface area contributed by atoms with E-state index in [0.29, 0.717) is 6.42 Å². The maximum atomic E-state index is 12.9. The molecule has 0 N–H and O–H groups in total. The van der Waals surface area contributed by atoms with Gasteiger partial charge in [-0.15, -0.1) is 0 Å². The van der Waals surface area contributed by atoms with Crippen LogP contribution < -0.4 is 9.64 Å². The molecule has 2 aromatic rings. The monoisotopic (exact) mass is 338 g/mol. The predicted octanol–water partition coefficient (Wildman–Crippen LogP) is 3.50. The van der Waals surface area contributed by atoms with Gasteiger partial charge in [0.2, 0.25) is 0 Å². The number of nitrogens with zero attached hydrogens (tertiary/aromatic N) is 2. The van der Waals surface area contributed by atoms with Gasteiger partial charge < -0.3 is 14.5 Å². The van der Waals surface area contributed by atoms with Crippen molar-refractivity contribution in [3.63, 3.8) is 0 Å². The van der Waals surface area contributed by atoms with Gasteiger partial charge in [0.25, 0.3) is 5.91 Å². The lowest BCUT2D eigenvalue weighted by Crippen LogP contribution is -2.52. The number of para-hydroxylation sites is 2. The molecule has 4 heteroatoms. The van der Waals surface area contributed by atoms with Gasteiger partial charge in [0.05, 0.1) is 0 Å². The van der Waals surface area contributed by atoms with E-state index in [1.807, 2.05) is 49.1 Å². The average Bonchev–Trinajstić information content (AvgIpc) is 2.68. The molecule has 1 fully saturated rings. The quantitative estimate of drug-likeness (QED) is 0.836. The highest BCUT2D eigenvalue weighted by molar-refractivity contribution is 5.81. The summed E-state index contributed by atoms with van der Waals surface area (Å²) in [5, 5.41) is 0. The zero-order chi connectivity index (χ0) is 17.6. The lowest BCUT2D eigenvalue weighted by molar-refractivity contribution is -0.139. The Morgan fingerprint density at radius 2 is 1.64 bits per heavy atom. The van der Waals surface area contributed by atoms with Gasteiger partial charge in [-0.3, -0.25) is 4.79 Å². The van der Waals surface area contributed by atoms with Crippen molar-refractivity contribution in [2.24, 2.45) is 0 Å². The van der Waals surface area contributed by atoms with Crippen LogP contribution in [0.5, 0.6) is 5.75 Å². The first-order valence-corrected chi connectivity index (χ1v) is 9.00. The van der Waals surface area contributed by atoms with Crippen LogP contribution in [0, 0.1) is 6.92 Å². The normalized spacial score (nSPS) is 15.8. The zero-order valence-electron chi connectivity index (χ0n) is 15.0. The molecule has 132 valence electrons. The molecule has 3 rings (SSSR count). The van der Waals surface area contributed by atoms with E-state index in [2.05, 4.69) is 29.2 Å². The lowest BCUT2D eigenvalue weighted by Gasteiger charge is -2.37. The number of carbonyl (C=O) groups excluding carboxylic acids is 1. The third-order valence-corrected chi connectivity index (χ3v) is 4.72. The van der Waals surface area contributed by atoms with Crippen LogP contribution in [-0.4, -0.2) is 43.1 Å². The van der Waals surface area contributed by atoms with Crippen LogP contribution in [-0.2, 0) is 4.79 Å². The molecule has 0 aliphatic carbocycles. The fourth-order valence-corrected chi connectivity index (χ4v) is 3.18. The summed E-state index contributed by atoms with van der Waals surface area (Å²) in [5.41, 5.74) is 2.28. The SMILES string of the molecule is CC[C@@H](Oc1ccccc1C)C(=O)N1CCN(c2ccccc2)CC1. The molecule has 0 bridgehead atoms. The Morgan fingerprint density at radius 1 is 1.00 bits per heavy atom. The standard InChI is InChI=1S/C21H26N2O2/c1-3-19(25-20-12-8-7-9-17(20)2)21(24)23-15-13-22(14-16-23)18-10-5-4-6-11-18/h4-12,19H,3,13-16H2,1-2H3/t19-/m1/s1. The van der Waals surface area contributed by atoms with Crippen molar-refractivity contribution in [2.75, 3.05) is 31.1 Å². The molecular formula is C21H26N2O2. The van der Waals surface area contributed by atoms with Crippen LogP contribution in [0.4, 0.5) is 5.69 Å². The lowest BCUT2D eigenvalue weighted by atomic mass is 10.2. The Hall–Kier alpha value is -2.49. The van der Waals surface area contributed by atoms with Crippen molar-refractivity contribution in [3.8, 4) is 5.75 Å². The molecule has 0 spiro atoms. The summed E-state index contributed by atoms with van der Waals surface area (Å²) in [5.74, 6) is 0.893. The molecule has 1 amide bonds. The average molecular weight is 338 g/mol. The second-order valence-corrected chi connectivity index (χ2v) is 6.43. The van der Waals surface area contributed by atoms with Gasteiger partial charge in [0, 0.05) is 31.9 Å². The molecule has 0 radical (unpaired) electrons. The maximum absolute atomic E-state index is 12.9. The maximum Gasteiger partial charge on any atom is 0.263 e. The van der Waals surface area contributed by atoms with Gasteiger partial charge >= 0.3 is 0 Å². The summed E-state index contributed by atoms with van der Waals surface area (Å²) in [4.78, 5) is 17.1. The Labute approximate surface area is 150 Å². The number of carbonyl (C=O) groups is 1. The summed E-state index contributed by atoms with van der Waals surface area (Å²) >= 11 is 0. The smallest absolute Gasteiger partial charge is 0.263 e. The van der Waals surface area contributed by atoms with Crippen molar-refractivity contribution < 1.29 is 9.53 Å². The second kappa shape index (κ2) is 8.06. The number of aryl methyl sites for hydroxylation is 1. The topological polar surface area (TPSA) is 32.8 Å². The summed E-state index contributed by atoms with van der Waals surface area (Å²) in [6.07, 6.45) is 0.260. The highest BCUT2D eigenvalue weighted by Crippen LogP contribution is 2.21. The number of piperazine rings is 1. The highest BCUT2D eigenvalue weighted by Gasteiger charge is 2.28. The first-order chi connectivity index (χ1) is 12.2.